The topological polar surface area (TPSA) is 153 Å². The quantitative estimate of drug-likeness (QED) is 0.291. The minimum absolute atomic E-state index is 0.451. The minimum atomic E-state index is -1.92. The first-order chi connectivity index (χ1) is 14.7. The first kappa shape index (κ1) is 28.0. The molecule has 0 aromatic rings. The van der Waals surface area contributed by atoms with Crippen molar-refractivity contribution >= 4 is 64.8 Å². The molecule has 1 N–H and O–H groups in total. The van der Waals surface area contributed by atoms with E-state index < -0.39 is 77.6 Å². The van der Waals surface area contributed by atoms with E-state index >= 15 is 0 Å². The zero-order chi connectivity index (χ0) is 24.6. The van der Waals surface area contributed by atoms with Crippen LogP contribution in [0.25, 0.3) is 0 Å². The van der Waals surface area contributed by atoms with Crippen LogP contribution in [0.1, 0.15) is 27.7 Å². The fourth-order valence-corrected chi connectivity index (χ4v) is 2.81. The Morgan fingerprint density at radius 2 is 1.34 bits per heavy atom. The van der Waals surface area contributed by atoms with E-state index in [0.29, 0.717) is 0 Å². The van der Waals surface area contributed by atoms with Gasteiger partial charge < -0.3 is 33.7 Å². The SMILES string of the molecule is CC(=O)OCC1OC(OC(C)=O)[C@@H](NC(=O)OCC(Cl)(Cl)Cl)[C@@H](OC(C)=O)[C@@H]1OC(C)=O. The largest absolute Gasteiger partial charge is 0.463 e. The average Bonchev–Trinajstić information content (AvgIpc) is 2.61. The molecule has 32 heavy (non-hydrogen) atoms. The van der Waals surface area contributed by atoms with Crippen LogP contribution < -0.4 is 5.32 Å². The van der Waals surface area contributed by atoms with Crippen molar-refractivity contribution in [3.63, 3.8) is 0 Å². The summed E-state index contributed by atoms with van der Waals surface area (Å²) in [6, 6.07) is -1.43. The van der Waals surface area contributed by atoms with E-state index in [1.807, 2.05) is 0 Å². The van der Waals surface area contributed by atoms with Crippen molar-refractivity contribution in [3.05, 3.63) is 0 Å². The van der Waals surface area contributed by atoms with Gasteiger partial charge >= 0.3 is 30.0 Å². The lowest BCUT2D eigenvalue weighted by Gasteiger charge is -2.44. The molecule has 5 atom stereocenters. The molecule has 182 valence electrons. The van der Waals surface area contributed by atoms with Crippen LogP contribution in [0.5, 0.6) is 0 Å². The molecule has 1 heterocycles. The van der Waals surface area contributed by atoms with Crippen LogP contribution in [-0.4, -0.2) is 77.6 Å². The van der Waals surface area contributed by atoms with Gasteiger partial charge in [0.25, 0.3) is 0 Å². The number of ether oxygens (including phenoxy) is 6. The summed E-state index contributed by atoms with van der Waals surface area (Å²) in [5.74, 6) is -3.13. The van der Waals surface area contributed by atoms with Crippen LogP contribution >= 0.6 is 34.8 Å². The lowest BCUT2D eigenvalue weighted by atomic mass is 9.96. The summed E-state index contributed by atoms with van der Waals surface area (Å²) in [5, 5.41) is 2.28. The zero-order valence-corrected chi connectivity index (χ0v) is 19.7. The molecule has 0 aliphatic carbocycles. The van der Waals surface area contributed by atoms with E-state index in [-0.39, 0.29) is 0 Å². The Kier molecular flexibility index (Phi) is 10.8. The number of carbonyl (C=O) groups excluding carboxylic acids is 5. The van der Waals surface area contributed by atoms with Crippen molar-refractivity contribution in [2.45, 2.75) is 62.1 Å². The molecule has 0 spiro atoms. The number of rotatable bonds is 7. The average molecular weight is 523 g/mol. The van der Waals surface area contributed by atoms with E-state index in [9.17, 15) is 24.0 Å². The van der Waals surface area contributed by atoms with E-state index in [0.717, 1.165) is 27.7 Å². The highest BCUT2D eigenvalue weighted by molar-refractivity contribution is 6.67. The molecule has 1 rings (SSSR count). The number of hydrogen-bond acceptors (Lipinski definition) is 11. The molecule has 1 aliphatic rings. The molecule has 1 aliphatic heterocycles. The van der Waals surface area contributed by atoms with Gasteiger partial charge in [0, 0.05) is 27.7 Å². The predicted octanol–water partition coefficient (Wildman–Crippen LogP) is 1.17. The molecule has 0 radical (unpaired) electrons. The number of carbonyl (C=O) groups is 5. The van der Waals surface area contributed by atoms with Gasteiger partial charge in [-0.05, 0) is 0 Å². The van der Waals surface area contributed by atoms with Crippen molar-refractivity contribution in [2.75, 3.05) is 13.2 Å². The molecule has 1 amide bonds. The Labute approximate surface area is 198 Å². The van der Waals surface area contributed by atoms with Crippen molar-refractivity contribution in [1.29, 1.82) is 0 Å². The van der Waals surface area contributed by atoms with Crippen LogP contribution in [0.3, 0.4) is 0 Å². The normalized spacial score (nSPS) is 25.2. The van der Waals surface area contributed by atoms with Gasteiger partial charge in [-0.25, -0.2) is 4.79 Å². The summed E-state index contributed by atoms with van der Waals surface area (Å²) in [6.07, 6.45) is -6.77. The van der Waals surface area contributed by atoms with E-state index in [1.54, 1.807) is 0 Å². The van der Waals surface area contributed by atoms with E-state index in [1.165, 1.54) is 0 Å². The van der Waals surface area contributed by atoms with Gasteiger partial charge in [0.1, 0.15) is 25.4 Å². The summed E-state index contributed by atoms with van der Waals surface area (Å²) in [4.78, 5) is 58.4. The number of alkyl carbamates (subject to hydrolysis) is 1. The molecule has 1 saturated heterocycles. The van der Waals surface area contributed by atoms with Crippen molar-refractivity contribution in [3.8, 4) is 0 Å². The lowest BCUT2D eigenvalue weighted by Crippen LogP contribution is -2.67. The number of alkyl halides is 3. The van der Waals surface area contributed by atoms with E-state index in [4.69, 9.17) is 63.2 Å². The third-order valence-corrected chi connectivity index (χ3v) is 3.96. The molecule has 15 heteroatoms. The summed E-state index contributed by atoms with van der Waals surface area (Å²) >= 11 is 16.6. The standard InChI is InChI=1S/C17H22Cl3NO11/c1-7(22)27-5-11-13(29-8(2)23)14(30-9(3)24)12(15(32-11)31-10(4)25)21-16(26)28-6-17(18,19)20/h11-15H,5-6H2,1-4H3,(H,21,26)/t11?,12-,13+,14+,15?/m0/s1. The van der Waals surface area contributed by atoms with Gasteiger partial charge in [0.15, 0.2) is 12.2 Å². The molecule has 12 nitrogen and oxygen atoms in total. The Bertz CT molecular complexity index is 727. The van der Waals surface area contributed by atoms with Gasteiger partial charge in [-0.3, -0.25) is 19.2 Å². The van der Waals surface area contributed by atoms with Gasteiger partial charge in [-0.15, -0.1) is 0 Å². The van der Waals surface area contributed by atoms with E-state index in [2.05, 4.69) is 5.32 Å². The molecule has 2 unspecified atom stereocenters. The predicted molar refractivity (Wildman–Crippen MR) is 107 cm³/mol. The summed E-state index contributed by atoms with van der Waals surface area (Å²) < 4.78 is 28.9. The Balaban J connectivity index is 3.28. The number of halogens is 3. The molecular weight excluding hydrogens is 501 g/mol. The van der Waals surface area contributed by atoms with Crippen LogP contribution in [0.2, 0.25) is 0 Å². The summed E-state index contributed by atoms with van der Waals surface area (Å²) in [6.45, 7) is 3.22. The van der Waals surface area contributed by atoms with Gasteiger partial charge in [0.05, 0.1) is 0 Å². The summed E-state index contributed by atoms with van der Waals surface area (Å²) in [7, 11) is 0. The Morgan fingerprint density at radius 3 is 1.81 bits per heavy atom. The van der Waals surface area contributed by atoms with Gasteiger partial charge in [-0.1, -0.05) is 34.8 Å². The van der Waals surface area contributed by atoms with Crippen molar-refractivity contribution in [1.82, 2.24) is 5.32 Å². The molecule has 0 aromatic heterocycles. The molecule has 0 saturated carbocycles. The third kappa shape index (κ3) is 10.1. The first-order valence-corrected chi connectivity index (χ1v) is 10.1. The number of amides is 1. The maximum Gasteiger partial charge on any atom is 0.407 e. The Hall–Kier alpha value is -2.02. The van der Waals surface area contributed by atoms with Crippen LogP contribution in [0, 0.1) is 0 Å². The maximum absolute atomic E-state index is 12.2. The fraction of sp³-hybridized carbons (Fsp3) is 0.706. The first-order valence-electron chi connectivity index (χ1n) is 9.00. The molecule has 1 fully saturated rings. The highest BCUT2D eigenvalue weighted by Crippen LogP contribution is 2.29. The second kappa shape index (κ2) is 12.3. The third-order valence-electron chi connectivity index (χ3n) is 3.63. The number of hydrogen-bond donors (Lipinski definition) is 1. The van der Waals surface area contributed by atoms with Crippen LogP contribution in [0.4, 0.5) is 4.79 Å². The number of esters is 4. The van der Waals surface area contributed by atoms with Gasteiger partial charge in [0.2, 0.25) is 10.1 Å². The summed E-state index contributed by atoms with van der Waals surface area (Å²) in [5.41, 5.74) is 0. The number of nitrogens with one attached hydrogen (secondary N) is 1. The molecular formula is C17H22Cl3NO11. The Morgan fingerprint density at radius 1 is 0.812 bits per heavy atom. The zero-order valence-electron chi connectivity index (χ0n) is 17.4. The van der Waals surface area contributed by atoms with Crippen molar-refractivity contribution in [2.24, 2.45) is 0 Å². The minimum Gasteiger partial charge on any atom is -0.463 e. The van der Waals surface area contributed by atoms with Crippen molar-refractivity contribution < 1.29 is 52.4 Å². The van der Waals surface area contributed by atoms with Gasteiger partial charge in [-0.2, -0.15) is 0 Å². The second-order valence-corrected chi connectivity index (χ2v) is 8.98. The smallest absolute Gasteiger partial charge is 0.407 e. The monoisotopic (exact) mass is 521 g/mol. The highest BCUT2D eigenvalue weighted by atomic mass is 35.6. The molecule has 0 aromatic carbocycles. The fourth-order valence-electron chi connectivity index (χ4n) is 2.65. The van der Waals surface area contributed by atoms with Crippen LogP contribution in [-0.2, 0) is 47.6 Å². The maximum atomic E-state index is 12.2. The second-order valence-electron chi connectivity index (χ2n) is 6.46. The lowest BCUT2D eigenvalue weighted by molar-refractivity contribution is -0.270. The highest BCUT2D eigenvalue weighted by Gasteiger charge is 2.52. The van der Waals surface area contributed by atoms with Crippen LogP contribution in [0.15, 0.2) is 0 Å². The molecule has 0 bridgehead atoms.